The number of hydrogen-bond donors (Lipinski definition) is 3. The Kier molecular flexibility index (Phi) is 29.4. The molecule has 12 amide bonds. The third-order valence-electron chi connectivity index (χ3n) is 24.6. The average Bonchev–Trinajstić information content (AvgIpc) is 1.04. The summed E-state index contributed by atoms with van der Waals surface area (Å²) in [6, 6.07) is -12.5. The van der Waals surface area contributed by atoms with E-state index in [0.717, 1.165) is 19.6 Å². The molecule has 13 atom stereocenters. The Hall–Kier alpha value is -7.22. The van der Waals surface area contributed by atoms with Gasteiger partial charge in [0.05, 0.1) is 25.0 Å². The molecule has 3 saturated heterocycles. The van der Waals surface area contributed by atoms with Gasteiger partial charge in [0.2, 0.25) is 70.9 Å². The van der Waals surface area contributed by atoms with Crippen LogP contribution in [0.15, 0.2) is 12.2 Å². The van der Waals surface area contributed by atoms with Crippen molar-refractivity contribution in [2.45, 2.75) is 273 Å². The number of rotatable bonds is 12. The minimum Gasteiger partial charge on any atom is -0.377 e. The lowest BCUT2D eigenvalue weighted by Crippen LogP contribution is -2.68. The fraction of sp³-hybridized carbons (Fsp3) is 0.813. The number of fused-ring (bicyclic) bond motifs is 4. The van der Waals surface area contributed by atoms with Gasteiger partial charge >= 0.3 is 12.4 Å². The Morgan fingerprint density at radius 3 is 1.85 bits per heavy atom. The zero-order valence-electron chi connectivity index (χ0n) is 64.4. The molecule has 608 valence electrons. The van der Waals surface area contributed by atoms with E-state index in [0.29, 0.717) is 44.9 Å². The topological polar surface area (TPSA) is 279 Å². The van der Waals surface area contributed by atoms with Crippen LogP contribution >= 0.6 is 0 Å². The van der Waals surface area contributed by atoms with E-state index in [2.05, 4.69) is 16.0 Å². The molecule has 1 spiro atoms. The zero-order chi connectivity index (χ0) is 79.8. The predicted molar refractivity (Wildman–Crippen MR) is 379 cm³/mol. The first-order valence-electron chi connectivity index (χ1n) is 38.8. The number of carbonyl (C=O) groups is 12. The minimum absolute atomic E-state index is 0.000778. The number of nitrogens with one attached hydrogen (secondary N) is 3. The first-order valence-corrected chi connectivity index (χ1v) is 38.8. The fourth-order valence-corrected chi connectivity index (χ4v) is 17.8. The maximum Gasteiger partial charge on any atom is 0.397 e. The first kappa shape index (κ1) is 86.4. The highest BCUT2D eigenvalue weighted by molar-refractivity contribution is 6.01. The Morgan fingerprint density at radius 2 is 1.28 bits per heavy atom. The van der Waals surface area contributed by atoms with Crippen LogP contribution in [-0.2, 0) is 62.3 Å². The summed E-state index contributed by atoms with van der Waals surface area (Å²) in [4.78, 5) is 192. The van der Waals surface area contributed by atoms with Gasteiger partial charge in [-0.2, -0.15) is 26.3 Å². The smallest absolute Gasteiger partial charge is 0.377 e. The van der Waals surface area contributed by atoms with E-state index < -0.39 is 229 Å². The molecule has 3 N–H and O–H groups in total. The van der Waals surface area contributed by atoms with E-state index in [1.165, 1.54) is 73.8 Å². The van der Waals surface area contributed by atoms with Gasteiger partial charge in [0.25, 0.3) is 0 Å². The van der Waals surface area contributed by atoms with Crippen LogP contribution in [0.5, 0.6) is 0 Å². The highest BCUT2D eigenvalue weighted by Gasteiger charge is 2.57. The number of likely N-dealkylation sites (N-methyl/N-ethyl adjacent to an activating group) is 6. The molecule has 108 heavy (non-hydrogen) atoms. The van der Waals surface area contributed by atoms with Crippen LogP contribution < -0.4 is 16.0 Å². The highest BCUT2D eigenvalue weighted by atomic mass is 19.4. The number of alkyl halides is 8. The van der Waals surface area contributed by atoms with Crippen molar-refractivity contribution < 1.29 is 97.4 Å². The van der Waals surface area contributed by atoms with Gasteiger partial charge in [0, 0.05) is 82.0 Å². The second-order valence-electron chi connectivity index (χ2n) is 31.9. The summed E-state index contributed by atoms with van der Waals surface area (Å²) in [5, 5.41) is 8.44. The standard InChI is InChI=1S/C75H114F8N12O13/c1-12-43(4)61-70(105)93-35-20-25-54(93)68(103)90(9)53-24-16-15-19-34-94(69(53)104)57(38-44-26-29-47(30-27-44)74(78,79)80)67(102)88(7)42-58(96)84-51(31-28-45-36-49(76)60(50(77)37-45)75(81,82)83)65(100)95-41-48(108-14-3)39-55(95)64(99)86-73(32-21-33-73)72(107)92(11)62(46-22-17-18-23-46)71(106)91(10)56(66(101)87(5)6)40-59(97)89(8)52(13-2)63(98)85-61/h15-16,43-57,60-62H,12-14,17-42H2,1-11H3,(H,84,96)(H,85,98)(H,86,99)/b16-15-/t43-,44?,45?,47?,48+,49?,50?,51-,52-,53-,54-,55-,56-,57-,60?,61-,62-/m0/s1. The summed E-state index contributed by atoms with van der Waals surface area (Å²) in [6.07, 6.45) is -12.6. The number of nitrogens with zero attached hydrogens (tertiary/aromatic N) is 9. The van der Waals surface area contributed by atoms with Gasteiger partial charge in [0.15, 0.2) is 0 Å². The van der Waals surface area contributed by atoms with Crippen molar-refractivity contribution in [1.82, 2.24) is 60.0 Å². The van der Waals surface area contributed by atoms with Gasteiger partial charge in [-0.25, -0.2) is 8.78 Å². The quantitative estimate of drug-likeness (QED) is 0.144. The molecule has 0 aromatic carbocycles. The van der Waals surface area contributed by atoms with Gasteiger partial charge in [-0.05, 0) is 153 Å². The zero-order valence-corrected chi connectivity index (χ0v) is 64.4. The molecule has 8 rings (SSSR count). The molecule has 2 unspecified atom stereocenters. The molecule has 4 aliphatic carbocycles. The van der Waals surface area contributed by atoms with Crippen LogP contribution in [0.4, 0.5) is 35.1 Å². The molecule has 4 aliphatic heterocycles. The first-order chi connectivity index (χ1) is 50.8. The largest absolute Gasteiger partial charge is 0.397 e. The van der Waals surface area contributed by atoms with Crippen molar-refractivity contribution in [3.63, 3.8) is 0 Å². The molecule has 0 radical (unpaired) electrons. The number of ether oxygens (including phenoxy) is 1. The van der Waals surface area contributed by atoms with Crippen molar-refractivity contribution >= 4 is 70.9 Å². The second-order valence-corrected chi connectivity index (χ2v) is 31.9. The van der Waals surface area contributed by atoms with E-state index >= 15 is 47.1 Å². The Morgan fingerprint density at radius 1 is 0.630 bits per heavy atom. The summed E-state index contributed by atoms with van der Waals surface area (Å²) >= 11 is 0. The molecule has 4 heterocycles. The maximum atomic E-state index is 15.5. The van der Waals surface area contributed by atoms with Crippen LogP contribution in [-0.4, -0.2) is 288 Å². The summed E-state index contributed by atoms with van der Waals surface area (Å²) in [7, 11) is 9.60. The number of carbonyl (C=O) groups excluding carboxylic acids is 12. The summed E-state index contributed by atoms with van der Waals surface area (Å²) in [5.41, 5.74) is -1.69. The average molecular weight is 1540 g/mol. The third kappa shape index (κ3) is 19.7. The SMILES string of the molecule is CCO[C@@H]1C[C@H]2C(=O)NC3(CCC3)C(=O)N(C)[C@@H](C3CCCC3)C(=O)N(C)[C@H](C(=O)N(C)C)CC(=O)N(C)[C@@H](CC)C(=O)N[C@@H]([C@@H](C)CC)C(=O)N3CCC[C@H]3C(=O)N(C)[C@H]3C/C=C\CCN(C3=O)[C@@H](CC3CCC(C(F)(F)F)CC3)C(=O)N(C)CC(=O)N[C@@H](CCC3CC(F)C(C(F)(F)F)C(F)C3)C(=O)N2C1. The molecule has 0 aromatic heterocycles. The maximum absolute atomic E-state index is 15.5. The lowest BCUT2D eigenvalue weighted by Gasteiger charge is -2.46. The van der Waals surface area contributed by atoms with Crippen LogP contribution in [0.2, 0.25) is 0 Å². The van der Waals surface area contributed by atoms with Crippen molar-refractivity contribution in [3.05, 3.63) is 12.2 Å². The number of hydrogen-bond acceptors (Lipinski definition) is 13. The molecule has 7 fully saturated rings. The lowest BCUT2D eigenvalue weighted by atomic mass is 9.74. The third-order valence-corrected chi connectivity index (χ3v) is 24.6. The molecule has 4 saturated carbocycles. The van der Waals surface area contributed by atoms with E-state index in [1.807, 2.05) is 0 Å². The second kappa shape index (κ2) is 36.7. The van der Waals surface area contributed by atoms with Crippen molar-refractivity contribution in [1.29, 1.82) is 0 Å². The molecule has 0 aromatic rings. The van der Waals surface area contributed by atoms with Crippen LogP contribution in [0, 0.1) is 35.5 Å². The molecular weight excluding hydrogens is 1430 g/mol. The van der Waals surface area contributed by atoms with Crippen molar-refractivity contribution in [2.24, 2.45) is 35.5 Å². The minimum atomic E-state index is -5.22. The van der Waals surface area contributed by atoms with E-state index in [-0.39, 0.29) is 110 Å². The summed E-state index contributed by atoms with van der Waals surface area (Å²) in [5.74, 6) is -16.5. The van der Waals surface area contributed by atoms with E-state index in [1.54, 1.807) is 39.8 Å². The van der Waals surface area contributed by atoms with Crippen molar-refractivity contribution in [3.8, 4) is 0 Å². The molecule has 2 bridgehead atoms. The van der Waals surface area contributed by atoms with Crippen molar-refractivity contribution in [2.75, 3.05) is 82.1 Å². The fourth-order valence-electron chi connectivity index (χ4n) is 17.8. The number of amides is 12. The van der Waals surface area contributed by atoms with Crippen LogP contribution in [0.25, 0.3) is 0 Å². The van der Waals surface area contributed by atoms with E-state index in [9.17, 15) is 45.5 Å². The molecule has 8 aliphatic rings. The normalized spacial score (nSPS) is 33.1. The van der Waals surface area contributed by atoms with Crippen LogP contribution in [0.1, 0.15) is 182 Å². The van der Waals surface area contributed by atoms with Gasteiger partial charge in [-0.15, -0.1) is 0 Å². The van der Waals surface area contributed by atoms with Crippen LogP contribution in [0.3, 0.4) is 0 Å². The molecular formula is C75H114F8N12O13. The van der Waals surface area contributed by atoms with Gasteiger partial charge in [0.1, 0.15) is 78.2 Å². The lowest BCUT2D eigenvalue weighted by molar-refractivity contribution is -0.219. The predicted octanol–water partition coefficient (Wildman–Crippen LogP) is 6.25. The monoisotopic (exact) mass is 1540 g/mol. The number of halogens is 8. The van der Waals surface area contributed by atoms with Gasteiger partial charge < -0.3 is 64.8 Å². The van der Waals surface area contributed by atoms with E-state index in [4.69, 9.17) is 4.74 Å². The Balaban J connectivity index is 1.21. The highest BCUT2D eigenvalue weighted by Crippen LogP contribution is 2.46. The Bertz CT molecular complexity index is 3260. The summed E-state index contributed by atoms with van der Waals surface area (Å²) < 4.78 is 121. The van der Waals surface area contributed by atoms with Gasteiger partial charge in [-0.1, -0.05) is 52.2 Å². The summed E-state index contributed by atoms with van der Waals surface area (Å²) in [6.45, 7) is 5.67. The Labute approximate surface area is 628 Å². The van der Waals surface area contributed by atoms with Gasteiger partial charge in [-0.3, -0.25) is 57.5 Å². The molecule has 25 nitrogen and oxygen atoms in total. The molecule has 33 heteroatoms.